The average molecular weight is 597 g/mol. The summed E-state index contributed by atoms with van der Waals surface area (Å²) in [5.74, 6) is -1.13. The van der Waals surface area contributed by atoms with Crippen LogP contribution >= 0.6 is 0 Å². The molecule has 0 aliphatic carbocycles. The Bertz CT molecular complexity index is 1320. The number of hydrogen-bond donors (Lipinski definition) is 2. The first-order chi connectivity index (χ1) is 19.8. The van der Waals surface area contributed by atoms with Crippen molar-refractivity contribution >= 4 is 11.9 Å². The zero-order chi connectivity index (χ0) is 30.9. The van der Waals surface area contributed by atoms with Gasteiger partial charge in [0.2, 0.25) is 0 Å². The third-order valence-corrected chi connectivity index (χ3v) is 6.39. The Kier molecular flexibility index (Phi) is 11.0. The summed E-state index contributed by atoms with van der Waals surface area (Å²) in [5.41, 5.74) is -2.31. The van der Waals surface area contributed by atoms with Crippen molar-refractivity contribution in [3.8, 4) is 16.9 Å². The lowest BCUT2D eigenvalue weighted by Gasteiger charge is -2.21. The Morgan fingerprint density at radius 3 is 2.10 bits per heavy atom. The minimum absolute atomic E-state index is 0.0358. The monoisotopic (exact) mass is 596 g/mol. The topological polar surface area (TPSA) is 88.5 Å². The summed E-state index contributed by atoms with van der Waals surface area (Å²) < 4.78 is 86.7. The van der Waals surface area contributed by atoms with Gasteiger partial charge in [0.25, 0.3) is 5.91 Å². The first-order valence-corrected chi connectivity index (χ1v) is 13.3. The van der Waals surface area contributed by atoms with Crippen LogP contribution in [0.1, 0.15) is 78.6 Å². The second kappa shape index (κ2) is 14.2. The van der Waals surface area contributed by atoms with E-state index >= 15 is 0 Å². The van der Waals surface area contributed by atoms with Gasteiger partial charge in [-0.1, -0.05) is 26.2 Å². The van der Waals surface area contributed by atoms with Gasteiger partial charge in [-0.2, -0.15) is 26.3 Å². The summed E-state index contributed by atoms with van der Waals surface area (Å²) >= 11 is 0. The van der Waals surface area contributed by atoms with Gasteiger partial charge < -0.3 is 15.2 Å². The first-order valence-electron chi connectivity index (χ1n) is 13.3. The Morgan fingerprint density at radius 1 is 0.881 bits per heavy atom. The molecular formula is C30H30F6N2O4. The molecule has 0 saturated carbocycles. The second-order valence-corrected chi connectivity index (χ2v) is 9.68. The molecule has 12 heteroatoms. The number of aromatic nitrogens is 1. The van der Waals surface area contributed by atoms with Crippen LogP contribution in [-0.4, -0.2) is 28.5 Å². The number of benzene rings is 2. The van der Waals surface area contributed by atoms with Gasteiger partial charge in [-0.05, 0) is 66.9 Å². The van der Waals surface area contributed by atoms with E-state index in [-0.39, 0.29) is 35.7 Å². The van der Waals surface area contributed by atoms with E-state index in [4.69, 9.17) is 9.84 Å². The fourth-order valence-electron chi connectivity index (χ4n) is 4.20. The molecule has 2 aromatic carbocycles. The highest BCUT2D eigenvalue weighted by molar-refractivity contribution is 5.94. The van der Waals surface area contributed by atoms with E-state index < -0.39 is 41.5 Å². The van der Waals surface area contributed by atoms with Crippen molar-refractivity contribution in [3.05, 3.63) is 83.2 Å². The number of alkyl halides is 6. The number of pyridine rings is 1. The lowest BCUT2D eigenvalue weighted by molar-refractivity contribution is -0.143. The molecule has 0 saturated heterocycles. The molecule has 0 aliphatic rings. The minimum atomic E-state index is -4.98. The van der Waals surface area contributed by atoms with Crippen LogP contribution in [0.4, 0.5) is 26.3 Å². The predicted octanol–water partition coefficient (Wildman–Crippen LogP) is 8.08. The molecule has 0 fully saturated rings. The highest BCUT2D eigenvalue weighted by atomic mass is 19.4. The van der Waals surface area contributed by atoms with Crippen LogP contribution in [0, 0.1) is 0 Å². The number of nitrogens with zero attached hydrogens (tertiary/aromatic N) is 1. The van der Waals surface area contributed by atoms with E-state index in [1.807, 2.05) is 6.92 Å². The highest BCUT2D eigenvalue weighted by Gasteiger charge is 2.37. The Morgan fingerprint density at radius 2 is 1.52 bits per heavy atom. The number of halogens is 6. The zero-order valence-corrected chi connectivity index (χ0v) is 22.7. The fourth-order valence-corrected chi connectivity index (χ4v) is 4.20. The van der Waals surface area contributed by atoms with E-state index in [9.17, 15) is 35.9 Å². The van der Waals surface area contributed by atoms with Crippen LogP contribution < -0.4 is 10.1 Å². The number of unbranched alkanes of at least 4 members (excludes halogenated alkanes) is 3. The van der Waals surface area contributed by atoms with Crippen molar-refractivity contribution in [2.24, 2.45) is 0 Å². The van der Waals surface area contributed by atoms with E-state index in [0.29, 0.717) is 29.9 Å². The zero-order valence-electron chi connectivity index (χ0n) is 22.7. The van der Waals surface area contributed by atoms with Gasteiger partial charge in [0.15, 0.2) is 0 Å². The number of nitrogens with one attached hydrogen (secondary N) is 1. The third kappa shape index (κ3) is 9.49. The first kappa shape index (κ1) is 32.4. The Balaban J connectivity index is 1.89. The number of carboxylic acids is 1. The molecule has 3 aromatic rings. The van der Waals surface area contributed by atoms with E-state index in [1.54, 1.807) is 12.1 Å². The number of aliphatic carboxylic acids is 1. The van der Waals surface area contributed by atoms with Crippen LogP contribution in [0.3, 0.4) is 0 Å². The molecule has 1 atom stereocenters. The van der Waals surface area contributed by atoms with E-state index in [2.05, 4.69) is 10.3 Å². The fraction of sp³-hybridized carbons (Fsp3) is 0.367. The molecular weight excluding hydrogens is 566 g/mol. The molecule has 226 valence electrons. The summed E-state index contributed by atoms with van der Waals surface area (Å²) in [6.45, 7) is 2.01. The van der Waals surface area contributed by atoms with E-state index in [0.717, 1.165) is 25.7 Å². The Labute approximate surface area is 238 Å². The lowest BCUT2D eigenvalue weighted by atomic mass is 9.97. The average Bonchev–Trinajstić information content (AvgIpc) is 2.93. The molecule has 1 unspecified atom stereocenters. The van der Waals surface area contributed by atoms with Crippen LogP contribution in [-0.2, 0) is 17.1 Å². The van der Waals surface area contributed by atoms with Crippen molar-refractivity contribution in [2.45, 2.75) is 63.9 Å². The molecule has 3 rings (SSSR count). The molecule has 0 aliphatic heterocycles. The molecule has 1 amide bonds. The Hall–Kier alpha value is -4.09. The van der Waals surface area contributed by atoms with Crippen molar-refractivity contribution in [2.75, 3.05) is 6.54 Å². The molecule has 1 heterocycles. The minimum Gasteiger partial charge on any atom is -0.486 e. The number of carboxylic acid groups (broad SMARTS) is 1. The van der Waals surface area contributed by atoms with Crippen LogP contribution in [0.2, 0.25) is 0 Å². The van der Waals surface area contributed by atoms with Crippen molar-refractivity contribution in [1.29, 1.82) is 0 Å². The SMILES string of the molecule is CCCCCCC(Oc1ccc(C(=O)NCCC(=O)O)cc1)c1cncc(-c2cc(C(F)(F)F)cc(C(F)(F)F)c2)c1. The number of carbonyl (C=O) groups excluding carboxylic acids is 1. The molecule has 0 spiro atoms. The van der Waals surface area contributed by atoms with Crippen LogP contribution in [0.15, 0.2) is 60.9 Å². The summed E-state index contributed by atoms with van der Waals surface area (Å²) in [6.07, 6.45) is -4.07. The molecule has 0 radical (unpaired) electrons. The van der Waals surface area contributed by atoms with Gasteiger partial charge in [0, 0.05) is 35.6 Å². The van der Waals surface area contributed by atoms with Gasteiger partial charge in [0.05, 0.1) is 17.5 Å². The quantitative estimate of drug-likeness (QED) is 0.154. The molecule has 1 aromatic heterocycles. The maximum Gasteiger partial charge on any atom is 0.416 e. The molecule has 2 N–H and O–H groups in total. The normalized spacial score (nSPS) is 12.5. The van der Waals surface area contributed by atoms with Crippen molar-refractivity contribution in [3.63, 3.8) is 0 Å². The van der Waals surface area contributed by atoms with Crippen LogP contribution in [0.5, 0.6) is 5.75 Å². The van der Waals surface area contributed by atoms with Gasteiger partial charge in [0.1, 0.15) is 11.9 Å². The van der Waals surface area contributed by atoms with E-state index in [1.165, 1.54) is 30.6 Å². The number of rotatable bonds is 13. The van der Waals surface area contributed by atoms with Gasteiger partial charge in [-0.3, -0.25) is 14.6 Å². The maximum atomic E-state index is 13.4. The highest BCUT2D eigenvalue weighted by Crippen LogP contribution is 2.39. The lowest BCUT2D eigenvalue weighted by Crippen LogP contribution is -2.25. The van der Waals surface area contributed by atoms with Crippen molar-refractivity contribution in [1.82, 2.24) is 10.3 Å². The number of amides is 1. The number of carbonyl (C=O) groups is 2. The standard InChI is InChI=1S/C30H30F6N2O4/c1-2-3-4-5-6-26(42-25-9-7-19(8-10-25)28(41)38-12-11-27(39)40)22-13-21(17-37-18-22)20-14-23(29(31,32)33)16-24(15-20)30(34,35)36/h7-10,13-18,26H,2-6,11-12H2,1H3,(H,38,41)(H,39,40). The summed E-state index contributed by atoms with van der Waals surface area (Å²) in [5, 5.41) is 11.2. The summed E-state index contributed by atoms with van der Waals surface area (Å²) in [7, 11) is 0. The molecule has 42 heavy (non-hydrogen) atoms. The van der Waals surface area contributed by atoms with Crippen LogP contribution in [0.25, 0.3) is 11.1 Å². The predicted molar refractivity (Wildman–Crippen MR) is 143 cm³/mol. The van der Waals surface area contributed by atoms with Gasteiger partial charge in [-0.15, -0.1) is 0 Å². The van der Waals surface area contributed by atoms with Gasteiger partial charge >= 0.3 is 18.3 Å². The summed E-state index contributed by atoms with van der Waals surface area (Å²) in [4.78, 5) is 27.0. The third-order valence-electron chi connectivity index (χ3n) is 6.39. The maximum absolute atomic E-state index is 13.4. The smallest absolute Gasteiger partial charge is 0.416 e. The van der Waals surface area contributed by atoms with Crippen molar-refractivity contribution < 1.29 is 45.8 Å². The number of hydrogen-bond acceptors (Lipinski definition) is 4. The summed E-state index contributed by atoms with van der Waals surface area (Å²) in [6, 6.07) is 8.95. The number of ether oxygens (including phenoxy) is 1. The molecule has 6 nitrogen and oxygen atoms in total. The largest absolute Gasteiger partial charge is 0.486 e. The van der Waals surface area contributed by atoms with Gasteiger partial charge in [-0.25, -0.2) is 0 Å². The molecule has 0 bridgehead atoms. The second-order valence-electron chi connectivity index (χ2n) is 9.68.